The summed E-state index contributed by atoms with van der Waals surface area (Å²) in [6.45, 7) is 0.253. The van der Waals surface area contributed by atoms with Gasteiger partial charge >= 0.3 is 0 Å². The van der Waals surface area contributed by atoms with Crippen molar-refractivity contribution in [2.24, 2.45) is 0 Å². The number of nitrogens with zero attached hydrogens (tertiary/aromatic N) is 2. The first kappa shape index (κ1) is 10.7. The molecule has 0 atom stereocenters. The molecule has 1 N–H and O–H groups in total. The molecule has 82 valence electrons. The fourth-order valence-corrected chi connectivity index (χ4v) is 1.41. The number of imidazole rings is 1. The molecule has 16 heavy (non-hydrogen) atoms. The van der Waals surface area contributed by atoms with Gasteiger partial charge in [-0.2, -0.15) is 0 Å². The number of hydrogen-bond acceptors (Lipinski definition) is 2. The molecule has 1 aromatic heterocycles. The second-order valence-electron chi connectivity index (χ2n) is 3.29. The number of carbonyl (C=O) groups excluding carboxylic acids is 1. The van der Waals surface area contributed by atoms with E-state index in [1.807, 2.05) is 0 Å². The number of benzene rings is 1. The lowest BCUT2D eigenvalue weighted by Crippen LogP contribution is -2.17. The van der Waals surface area contributed by atoms with E-state index in [9.17, 15) is 4.79 Å². The summed E-state index contributed by atoms with van der Waals surface area (Å²) in [6, 6.07) is 6.98. The fraction of sp³-hybridized carbons (Fsp3) is 0.0909. The number of aromatic nitrogens is 2. The molecule has 1 amide bonds. The molecule has 0 radical (unpaired) electrons. The van der Waals surface area contributed by atoms with Gasteiger partial charge < -0.3 is 9.88 Å². The van der Waals surface area contributed by atoms with Gasteiger partial charge in [0.2, 0.25) is 5.91 Å². The van der Waals surface area contributed by atoms with E-state index >= 15 is 0 Å². The second-order valence-corrected chi connectivity index (χ2v) is 3.73. The van der Waals surface area contributed by atoms with E-state index in [-0.39, 0.29) is 12.5 Å². The maximum Gasteiger partial charge on any atom is 0.244 e. The van der Waals surface area contributed by atoms with Gasteiger partial charge in [0.1, 0.15) is 6.54 Å². The van der Waals surface area contributed by atoms with Gasteiger partial charge in [0.25, 0.3) is 0 Å². The Morgan fingerprint density at radius 1 is 1.38 bits per heavy atom. The highest BCUT2D eigenvalue weighted by molar-refractivity contribution is 6.30. The number of rotatable bonds is 3. The van der Waals surface area contributed by atoms with Crippen molar-refractivity contribution in [3.63, 3.8) is 0 Å². The van der Waals surface area contributed by atoms with Crippen LogP contribution in [0.2, 0.25) is 5.02 Å². The van der Waals surface area contributed by atoms with Crippen LogP contribution in [-0.4, -0.2) is 15.5 Å². The highest BCUT2D eigenvalue weighted by atomic mass is 35.5. The molecule has 0 aliphatic heterocycles. The van der Waals surface area contributed by atoms with Gasteiger partial charge in [-0.05, 0) is 24.3 Å². The van der Waals surface area contributed by atoms with Crippen molar-refractivity contribution >= 4 is 23.2 Å². The van der Waals surface area contributed by atoms with E-state index in [0.29, 0.717) is 5.02 Å². The topological polar surface area (TPSA) is 46.9 Å². The number of hydrogen-bond donors (Lipinski definition) is 1. The summed E-state index contributed by atoms with van der Waals surface area (Å²) in [6.07, 6.45) is 4.97. The minimum absolute atomic E-state index is 0.0969. The standard InChI is InChI=1S/C11H10ClN3O/c12-9-1-3-10(4-2-9)14-11(16)7-15-6-5-13-8-15/h1-6,8H,7H2,(H,14,16). The summed E-state index contributed by atoms with van der Waals surface area (Å²) in [4.78, 5) is 15.4. The summed E-state index contributed by atoms with van der Waals surface area (Å²) in [7, 11) is 0. The molecular weight excluding hydrogens is 226 g/mol. The van der Waals surface area contributed by atoms with Crippen LogP contribution < -0.4 is 5.32 Å². The number of nitrogens with one attached hydrogen (secondary N) is 1. The van der Waals surface area contributed by atoms with Crippen molar-refractivity contribution in [3.8, 4) is 0 Å². The first-order valence-corrected chi connectivity index (χ1v) is 5.13. The minimum atomic E-state index is -0.0969. The van der Waals surface area contributed by atoms with Crippen LogP contribution >= 0.6 is 11.6 Å². The molecule has 4 nitrogen and oxygen atoms in total. The molecule has 1 heterocycles. The van der Waals surface area contributed by atoms with E-state index in [4.69, 9.17) is 11.6 Å². The third kappa shape index (κ3) is 2.84. The molecule has 0 spiro atoms. The quantitative estimate of drug-likeness (QED) is 0.886. The lowest BCUT2D eigenvalue weighted by molar-refractivity contribution is -0.116. The molecular formula is C11H10ClN3O. The van der Waals surface area contributed by atoms with E-state index in [0.717, 1.165) is 5.69 Å². The van der Waals surface area contributed by atoms with Gasteiger partial charge in [-0.25, -0.2) is 4.98 Å². The normalized spacial score (nSPS) is 10.1. The fourth-order valence-electron chi connectivity index (χ4n) is 1.28. The van der Waals surface area contributed by atoms with Gasteiger partial charge in [0.15, 0.2) is 0 Å². The van der Waals surface area contributed by atoms with Crippen LogP contribution in [0.4, 0.5) is 5.69 Å². The number of carbonyl (C=O) groups is 1. The Bertz CT molecular complexity index is 464. The summed E-state index contributed by atoms with van der Waals surface area (Å²) in [5, 5.41) is 3.41. The number of anilines is 1. The van der Waals surface area contributed by atoms with Crippen LogP contribution in [0.3, 0.4) is 0 Å². The molecule has 1 aromatic carbocycles. The first-order chi connectivity index (χ1) is 7.74. The van der Waals surface area contributed by atoms with Gasteiger partial charge in [0.05, 0.1) is 6.33 Å². The first-order valence-electron chi connectivity index (χ1n) is 4.75. The molecule has 0 aliphatic rings. The van der Waals surface area contributed by atoms with Gasteiger partial charge in [0, 0.05) is 23.1 Å². The summed E-state index contributed by atoms with van der Waals surface area (Å²) >= 11 is 5.74. The molecule has 0 fully saturated rings. The Hall–Kier alpha value is -1.81. The van der Waals surface area contributed by atoms with Crippen LogP contribution in [0.25, 0.3) is 0 Å². The maximum absolute atomic E-state index is 11.6. The summed E-state index contributed by atoms with van der Waals surface area (Å²) in [5.41, 5.74) is 0.731. The third-order valence-corrected chi connectivity index (χ3v) is 2.27. The molecule has 2 aromatic rings. The Kier molecular flexibility index (Phi) is 3.22. The molecule has 2 rings (SSSR count). The highest BCUT2D eigenvalue weighted by Crippen LogP contribution is 2.13. The molecule has 0 unspecified atom stereocenters. The summed E-state index contributed by atoms with van der Waals surface area (Å²) < 4.78 is 1.70. The van der Waals surface area contributed by atoms with E-state index < -0.39 is 0 Å². The van der Waals surface area contributed by atoms with Crippen molar-refractivity contribution in [2.75, 3.05) is 5.32 Å². The highest BCUT2D eigenvalue weighted by Gasteiger charge is 2.02. The maximum atomic E-state index is 11.6. The van der Waals surface area contributed by atoms with Crippen LogP contribution in [0.15, 0.2) is 43.0 Å². The Morgan fingerprint density at radius 2 is 2.12 bits per heavy atom. The van der Waals surface area contributed by atoms with Crippen molar-refractivity contribution in [3.05, 3.63) is 48.0 Å². The van der Waals surface area contributed by atoms with Crippen molar-refractivity contribution in [2.45, 2.75) is 6.54 Å². The van der Waals surface area contributed by atoms with Crippen LogP contribution in [0.1, 0.15) is 0 Å². The average molecular weight is 236 g/mol. The average Bonchev–Trinajstić information content (AvgIpc) is 2.74. The van der Waals surface area contributed by atoms with Crippen LogP contribution in [0, 0.1) is 0 Å². The van der Waals surface area contributed by atoms with Crippen molar-refractivity contribution < 1.29 is 4.79 Å². The predicted octanol–water partition coefficient (Wildman–Crippen LogP) is 2.18. The molecule has 0 saturated carbocycles. The predicted molar refractivity (Wildman–Crippen MR) is 62.3 cm³/mol. The smallest absolute Gasteiger partial charge is 0.244 e. The molecule has 0 aliphatic carbocycles. The molecule has 0 saturated heterocycles. The monoisotopic (exact) mass is 235 g/mol. The largest absolute Gasteiger partial charge is 0.328 e. The zero-order chi connectivity index (χ0) is 11.4. The molecule has 5 heteroatoms. The van der Waals surface area contributed by atoms with Gasteiger partial charge in [-0.1, -0.05) is 11.6 Å². The van der Waals surface area contributed by atoms with E-state index in [1.54, 1.807) is 47.6 Å². The van der Waals surface area contributed by atoms with Crippen molar-refractivity contribution in [1.29, 1.82) is 0 Å². The van der Waals surface area contributed by atoms with Gasteiger partial charge in [-0.3, -0.25) is 4.79 Å². The van der Waals surface area contributed by atoms with E-state index in [1.165, 1.54) is 0 Å². The SMILES string of the molecule is O=C(Cn1ccnc1)Nc1ccc(Cl)cc1. The number of halogens is 1. The molecule has 0 bridgehead atoms. The zero-order valence-electron chi connectivity index (χ0n) is 8.43. The number of amides is 1. The lowest BCUT2D eigenvalue weighted by Gasteiger charge is -2.05. The lowest BCUT2D eigenvalue weighted by atomic mass is 10.3. The zero-order valence-corrected chi connectivity index (χ0v) is 9.19. The third-order valence-electron chi connectivity index (χ3n) is 2.01. The second kappa shape index (κ2) is 4.81. The Balaban J connectivity index is 1.95. The van der Waals surface area contributed by atoms with Crippen molar-refractivity contribution in [1.82, 2.24) is 9.55 Å². The Labute approximate surface area is 97.9 Å². The van der Waals surface area contributed by atoms with Crippen LogP contribution in [-0.2, 0) is 11.3 Å². The van der Waals surface area contributed by atoms with Gasteiger partial charge in [-0.15, -0.1) is 0 Å². The Morgan fingerprint density at radius 3 is 2.75 bits per heavy atom. The van der Waals surface area contributed by atoms with Crippen LogP contribution in [0.5, 0.6) is 0 Å². The van der Waals surface area contributed by atoms with E-state index in [2.05, 4.69) is 10.3 Å². The summed E-state index contributed by atoms with van der Waals surface area (Å²) in [5.74, 6) is -0.0969. The minimum Gasteiger partial charge on any atom is -0.328 e.